The van der Waals surface area contributed by atoms with Crippen LogP contribution in [0.3, 0.4) is 0 Å². The van der Waals surface area contributed by atoms with Gasteiger partial charge in [-0.05, 0) is 81.8 Å². The zero-order valence-corrected chi connectivity index (χ0v) is 26.1. The maximum Gasteiger partial charge on any atom is 0.0815 e. The molecule has 5 heteroatoms. The van der Waals surface area contributed by atoms with Crippen LogP contribution in [-0.2, 0) is 0 Å². The molecule has 0 atom stereocenters. The summed E-state index contributed by atoms with van der Waals surface area (Å²) in [6.07, 6.45) is 6.35. The number of nitrogens with zero attached hydrogens (tertiary/aromatic N) is 2. The van der Waals surface area contributed by atoms with E-state index < -0.39 is 0 Å². The monoisotopic (exact) mass is 646 g/mol. The van der Waals surface area contributed by atoms with Crippen molar-refractivity contribution in [2.75, 3.05) is 0 Å². The van der Waals surface area contributed by atoms with Crippen LogP contribution in [0.5, 0.6) is 0 Å². The highest BCUT2D eigenvalue weighted by atomic mass is 28.1. The Balaban J connectivity index is 0.00000348. The van der Waals surface area contributed by atoms with E-state index in [1.807, 2.05) is 0 Å². The Hall–Kier alpha value is -6.30. The smallest absolute Gasteiger partial charge is 0.0815 e. The average molecular weight is 647 g/mol. The summed E-state index contributed by atoms with van der Waals surface area (Å²) in [7, 11) is 0. The second kappa shape index (κ2) is 12.7. The van der Waals surface area contributed by atoms with Crippen LogP contribution < -0.4 is 0 Å². The first-order valence-electron chi connectivity index (χ1n) is 16.2. The summed E-state index contributed by atoms with van der Waals surface area (Å²) in [5.74, 6) is 0. The van der Waals surface area contributed by atoms with E-state index in [0.29, 0.717) is 0 Å². The Kier molecular flexibility index (Phi) is 7.80. The van der Waals surface area contributed by atoms with Gasteiger partial charge in [0.2, 0.25) is 0 Å². The van der Waals surface area contributed by atoms with Crippen LogP contribution in [0.1, 0.15) is 28.3 Å². The van der Waals surface area contributed by atoms with Crippen molar-refractivity contribution in [1.29, 1.82) is 0 Å². The number of benzene rings is 4. The number of hydrogen-bond acceptors (Lipinski definition) is 2. The third kappa shape index (κ3) is 5.67. The second-order valence-electron chi connectivity index (χ2n) is 12.0. The number of nitrogens with one attached hydrogen (secondary N) is 2. The SMILES string of the molecule is C1=Cc2cc3[nH]c(c(-c4ccccc4)c4nc(cc5ccc(cc1n2)[nH]5)C=C4c1ccccc1)c(-c1ccccc1)c3-c1ccccc1.[SiH4]. The van der Waals surface area contributed by atoms with E-state index in [0.717, 1.165) is 89.4 Å². The molecule has 4 aromatic carbocycles. The first kappa shape index (κ1) is 30.1. The standard InChI is InChI=1S/C44H30N4.H4Si/c1-5-13-29(14-6-1)38-27-37-26-35-22-21-33(45-35)25-34-23-24-36(46-34)28-39-40(30-15-7-2-8-16-30)41(31-17-9-3-10-18-31)44(48-39)42(43(38)47-37)32-19-11-4-12-20-32;/h1-28,45,48H;1H4. The van der Waals surface area contributed by atoms with Gasteiger partial charge in [-0.25, -0.2) is 9.97 Å². The maximum atomic E-state index is 5.42. The normalized spacial score (nSPS) is 12.0. The van der Waals surface area contributed by atoms with Crippen LogP contribution in [0.4, 0.5) is 0 Å². The number of aromatic nitrogens is 4. The van der Waals surface area contributed by atoms with E-state index in [2.05, 4.69) is 180 Å². The van der Waals surface area contributed by atoms with E-state index in [1.54, 1.807) is 0 Å². The minimum Gasteiger partial charge on any atom is -0.355 e. The Morgan fingerprint density at radius 3 is 1.49 bits per heavy atom. The molecular formula is C44H34N4Si. The summed E-state index contributed by atoms with van der Waals surface area (Å²) in [4.78, 5) is 17.9. The lowest BCUT2D eigenvalue weighted by molar-refractivity contribution is 1.30. The molecule has 234 valence electrons. The molecule has 2 aliphatic rings. The van der Waals surface area contributed by atoms with E-state index in [4.69, 9.17) is 9.97 Å². The Bertz CT molecular complexity index is 2530. The molecular weight excluding hydrogens is 613 g/mol. The van der Waals surface area contributed by atoms with Crippen LogP contribution in [0, 0.1) is 0 Å². The van der Waals surface area contributed by atoms with Gasteiger partial charge in [0, 0.05) is 38.8 Å². The third-order valence-electron chi connectivity index (χ3n) is 8.89. The molecule has 5 heterocycles. The highest BCUT2D eigenvalue weighted by molar-refractivity contribution is 6.10. The van der Waals surface area contributed by atoms with Crippen molar-refractivity contribution in [1.82, 2.24) is 19.9 Å². The number of H-pyrrole nitrogens is 2. The summed E-state index contributed by atoms with van der Waals surface area (Å²) in [5.41, 5.74) is 16.3. The molecule has 0 fully saturated rings. The molecule has 0 aliphatic carbocycles. The Labute approximate surface area is 289 Å². The highest BCUT2D eigenvalue weighted by Gasteiger charge is 2.24. The third-order valence-corrected chi connectivity index (χ3v) is 8.89. The van der Waals surface area contributed by atoms with Crippen LogP contribution in [0.25, 0.3) is 79.2 Å². The molecule has 8 bridgehead atoms. The topological polar surface area (TPSA) is 57.4 Å². The molecule has 3 aromatic heterocycles. The van der Waals surface area contributed by atoms with Crippen molar-refractivity contribution in [2.45, 2.75) is 0 Å². The molecule has 0 amide bonds. The van der Waals surface area contributed by atoms with Gasteiger partial charge in [0.25, 0.3) is 0 Å². The summed E-state index contributed by atoms with van der Waals surface area (Å²) in [6, 6.07) is 53.0. The largest absolute Gasteiger partial charge is 0.355 e. The molecule has 4 nitrogen and oxygen atoms in total. The first-order chi connectivity index (χ1) is 23.8. The van der Waals surface area contributed by atoms with Gasteiger partial charge in [0.1, 0.15) is 0 Å². The van der Waals surface area contributed by atoms with Crippen LogP contribution in [-0.4, -0.2) is 30.9 Å². The van der Waals surface area contributed by atoms with E-state index in [-0.39, 0.29) is 11.0 Å². The van der Waals surface area contributed by atoms with E-state index in [9.17, 15) is 0 Å². The lowest BCUT2D eigenvalue weighted by atomic mass is 9.91. The van der Waals surface area contributed by atoms with Gasteiger partial charge in [0.05, 0.1) is 28.3 Å². The number of aromatic amines is 2. The number of rotatable bonds is 4. The lowest BCUT2D eigenvalue weighted by Crippen LogP contribution is -1.92. The quantitative estimate of drug-likeness (QED) is 0.187. The number of hydrogen-bond donors (Lipinski definition) is 2. The molecule has 2 N–H and O–H groups in total. The lowest BCUT2D eigenvalue weighted by Gasteiger charge is -2.12. The van der Waals surface area contributed by atoms with Gasteiger partial charge >= 0.3 is 0 Å². The summed E-state index contributed by atoms with van der Waals surface area (Å²) < 4.78 is 0. The molecule has 0 spiro atoms. The summed E-state index contributed by atoms with van der Waals surface area (Å²) >= 11 is 0. The fourth-order valence-electron chi connectivity index (χ4n) is 6.78. The van der Waals surface area contributed by atoms with Crippen molar-refractivity contribution >= 4 is 56.8 Å². The van der Waals surface area contributed by atoms with E-state index in [1.165, 1.54) is 0 Å². The second-order valence-corrected chi connectivity index (χ2v) is 12.0. The molecule has 2 aliphatic heterocycles. The molecule has 0 saturated carbocycles. The fourth-order valence-corrected chi connectivity index (χ4v) is 6.78. The van der Waals surface area contributed by atoms with Gasteiger partial charge in [-0.1, -0.05) is 121 Å². The maximum absolute atomic E-state index is 5.42. The van der Waals surface area contributed by atoms with Gasteiger partial charge < -0.3 is 9.97 Å². The van der Waals surface area contributed by atoms with Crippen molar-refractivity contribution in [3.8, 4) is 33.4 Å². The molecule has 0 saturated heterocycles. The van der Waals surface area contributed by atoms with E-state index >= 15 is 0 Å². The molecule has 7 aromatic rings. The predicted molar refractivity (Wildman–Crippen MR) is 211 cm³/mol. The van der Waals surface area contributed by atoms with Crippen molar-refractivity contribution in [2.24, 2.45) is 0 Å². The van der Waals surface area contributed by atoms with Gasteiger partial charge in [-0.3, -0.25) is 0 Å². The van der Waals surface area contributed by atoms with Crippen molar-refractivity contribution in [3.05, 3.63) is 180 Å². The van der Waals surface area contributed by atoms with Crippen LogP contribution >= 0.6 is 0 Å². The zero-order valence-electron chi connectivity index (χ0n) is 26.1. The van der Waals surface area contributed by atoms with Crippen molar-refractivity contribution < 1.29 is 0 Å². The molecule has 0 unspecified atom stereocenters. The predicted octanol–water partition coefficient (Wildman–Crippen LogP) is 9.62. The first-order valence-corrected chi connectivity index (χ1v) is 16.2. The van der Waals surface area contributed by atoms with Gasteiger partial charge in [-0.2, -0.15) is 0 Å². The van der Waals surface area contributed by atoms with Crippen LogP contribution in [0.15, 0.2) is 152 Å². The summed E-state index contributed by atoms with van der Waals surface area (Å²) in [6.45, 7) is 0. The van der Waals surface area contributed by atoms with Gasteiger partial charge in [-0.15, -0.1) is 0 Å². The van der Waals surface area contributed by atoms with Gasteiger partial charge in [0.15, 0.2) is 0 Å². The zero-order chi connectivity index (χ0) is 31.9. The number of fused-ring (bicyclic) bond motifs is 8. The summed E-state index contributed by atoms with van der Waals surface area (Å²) in [5, 5.41) is 0. The minimum absolute atomic E-state index is 0. The Morgan fingerprint density at radius 1 is 0.408 bits per heavy atom. The fraction of sp³-hybridized carbons (Fsp3) is 0. The van der Waals surface area contributed by atoms with Crippen molar-refractivity contribution in [3.63, 3.8) is 0 Å². The minimum atomic E-state index is 0. The van der Waals surface area contributed by atoms with Crippen LogP contribution in [0.2, 0.25) is 0 Å². The Morgan fingerprint density at radius 2 is 0.898 bits per heavy atom. The molecule has 0 radical (unpaired) electrons. The molecule has 9 rings (SSSR count). The highest BCUT2D eigenvalue weighted by Crippen LogP contribution is 2.45. The molecule has 49 heavy (non-hydrogen) atoms. The average Bonchev–Trinajstić information content (AvgIpc) is 3.94.